The number of fused-ring (bicyclic) bond motifs is 1. The summed E-state index contributed by atoms with van der Waals surface area (Å²) in [7, 11) is 1.66. The minimum absolute atomic E-state index is 0.138. The Hall–Kier alpha value is -1.92. The number of oxazole rings is 1. The van der Waals surface area contributed by atoms with Crippen LogP contribution in [0, 0.1) is 11.3 Å². The van der Waals surface area contributed by atoms with E-state index >= 15 is 0 Å². The fourth-order valence-corrected chi connectivity index (χ4v) is 3.77. The number of methoxy groups -OCH3 is 1. The number of aromatic nitrogens is 1. The van der Waals surface area contributed by atoms with Crippen molar-refractivity contribution in [2.24, 2.45) is 11.3 Å². The first-order valence-corrected chi connectivity index (χ1v) is 8.60. The monoisotopic (exact) mass is 329 g/mol. The zero-order valence-electron chi connectivity index (χ0n) is 13.9. The van der Waals surface area contributed by atoms with E-state index in [0.717, 1.165) is 49.1 Å². The van der Waals surface area contributed by atoms with Crippen molar-refractivity contribution in [3.05, 3.63) is 24.1 Å². The van der Waals surface area contributed by atoms with Crippen LogP contribution in [0.1, 0.15) is 25.2 Å². The molecule has 128 valence electrons. The summed E-state index contributed by atoms with van der Waals surface area (Å²) in [5.74, 6) is 0.954. The molecule has 1 aromatic heterocycles. The minimum Gasteiger partial charge on any atom is -0.441 e. The Labute approximate surface area is 141 Å². The molecule has 4 rings (SSSR count). The predicted molar refractivity (Wildman–Crippen MR) is 90.9 cm³/mol. The number of anilines is 1. The largest absolute Gasteiger partial charge is 0.441 e. The van der Waals surface area contributed by atoms with E-state index in [1.807, 2.05) is 18.2 Å². The van der Waals surface area contributed by atoms with Gasteiger partial charge < -0.3 is 19.8 Å². The Balaban J connectivity index is 1.43. The molecular formula is C18H23N3O3. The lowest BCUT2D eigenvalue weighted by Crippen LogP contribution is -2.31. The molecular weight excluding hydrogens is 306 g/mol. The van der Waals surface area contributed by atoms with Gasteiger partial charge in [0.25, 0.3) is 0 Å². The Bertz CT molecular complexity index is 749. The molecule has 1 atom stereocenters. The van der Waals surface area contributed by atoms with Gasteiger partial charge in [-0.05, 0) is 56.0 Å². The maximum Gasteiger partial charge on any atom is 0.228 e. The highest BCUT2D eigenvalue weighted by Gasteiger charge is 2.57. The third-order valence-electron chi connectivity index (χ3n) is 5.32. The lowest BCUT2D eigenvalue weighted by molar-refractivity contribution is -0.118. The van der Waals surface area contributed by atoms with Gasteiger partial charge in [-0.2, -0.15) is 0 Å². The Kier molecular flexibility index (Phi) is 4.02. The molecule has 24 heavy (non-hydrogen) atoms. The number of carbonyl (C=O) groups excluding carboxylic acids is 1. The highest BCUT2D eigenvalue weighted by molar-refractivity contribution is 5.96. The van der Waals surface area contributed by atoms with E-state index in [9.17, 15) is 4.79 Å². The van der Waals surface area contributed by atoms with Crippen molar-refractivity contribution in [2.75, 3.05) is 32.1 Å². The van der Waals surface area contributed by atoms with Gasteiger partial charge >= 0.3 is 0 Å². The van der Waals surface area contributed by atoms with Crippen LogP contribution in [-0.4, -0.2) is 37.7 Å². The van der Waals surface area contributed by atoms with Gasteiger partial charge in [-0.15, -0.1) is 0 Å². The van der Waals surface area contributed by atoms with E-state index in [2.05, 4.69) is 15.6 Å². The number of hydrogen-bond acceptors (Lipinski definition) is 5. The Morgan fingerprint density at radius 2 is 2.29 bits per heavy atom. The second-order valence-corrected chi connectivity index (χ2v) is 6.89. The van der Waals surface area contributed by atoms with Crippen molar-refractivity contribution in [1.29, 1.82) is 0 Å². The Morgan fingerprint density at radius 1 is 1.46 bits per heavy atom. The van der Waals surface area contributed by atoms with Crippen molar-refractivity contribution in [3.8, 4) is 0 Å². The second-order valence-electron chi connectivity index (χ2n) is 6.89. The standard InChI is InChI=1S/C18H23N3O3/c1-23-9-4-16-21-14-10-12(2-3-15(14)24-16)20-17(22)13-11-18(13)5-7-19-8-6-18/h2-3,10,13,19H,4-9,11H2,1H3,(H,20,22). The smallest absolute Gasteiger partial charge is 0.228 e. The van der Waals surface area contributed by atoms with Gasteiger partial charge in [0.15, 0.2) is 11.5 Å². The summed E-state index contributed by atoms with van der Waals surface area (Å²) in [5, 5.41) is 6.42. The maximum atomic E-state index is 12.5. The van der Waals surface area contributed by atoms with E-state index in [1.165, 1.54) is 0 Å². The van der Waals surface area contributed by atoms with Crippen molar-refractivity contribution in [3.63, 3.8) is 0 Å². The molecule has 1 amide bonds. The van der Waals surface area contributed by atoms with Crippen molar-refractivity contribution in [1.82, 2.24) is 10.3 Å². The first-order valence-electron chi connectivity index (χ1n) is 8.60. The molecule has 2 aromatic rings. The lowest BCUT2D eigenvalue weighted by Gasteiger charge is -2.23. The molecule has 0 radical (unpaired) electrons. The average molecular weight is 329 g/mol. The molecule has 1 saturated heterocycles. The van der Waals surface area contributed by atoms with Crippen LogP contribution < -0.4 is 10.6 Å². The summed E-state index contributed by atoms with van der Waals surface area (Å²) >= 11 is 0. The lowest BCUT2D eigenvalue weighted by atomic mass is 9.92. The van der Waals surface area contributed by atoms with Gasteiger partial charge in [0, 0.05) is 25.1 Å². The number of carbonyl (C=O) groups is 1. The fourth-order valence-electron chi connectivity index (χ4n) is 3.77. The van der Waals surface area contributed by atoms with E-state index in [0.29, 0.717) is 18.9 Å². The van der Waals surface area contributed by atoms with E-state index in [1.54, 1.807) is 7.11 Å². The molecule has 2 heterocycles. The number of nitrogens with one attached hydrogen (secondary N) is 2. The number of nitrogens with zero attached hydrogens (tertiary/aromatic N) is 1. The van der Waals surface area contributed by atoms with Crippen LogP contribution in [0.5, 0.6) is 0 Å². The van der Waals surface area contributed by atoms with Crippen LogP contribution in [-0.2, 0) is 16.0 Å². The topological polar surface area (TPSA) is 76.4 Å². The molecule has 1 aromatic carbocycles. The van der Waals surface area contributed by atoms with Crippen LogP contribution in [0.2, 0.25) is 0 Å². The molecule has 2 N–H and O–H groups in total. The molecule has 6 nitrogen and oxygen atoms in total. The Morgan fingerprint density at radius 3 is 3.08 bits per heavy atom. The average Bonchev–Trinajstić information content (AvgIpc) is 3.12. The van der Waals surface area contributed by atoms with Crippen LogP contribution in [0.25, 0.3) is 11.1 Å². The van der Waals surface area contributed by atoms with Gasteiger partial charge in [-0.3, -0.25) is 4.79 Å². The van der Waals surface area contributed by atoms with Crippen LogP contribution in [0.15, 0.2) is 22.6 Å². The first kappa shape index (κ1) is 15.6. The molecule has 6 heteroatoms. The highest BCUT2D eigenvalue weighted by Crippen LogP contribution is 2.58. The van der Waals surface area contributed by atoms with Crippen molar-refractivity contribution in [2.45, 2.75) is 25.7 Å². The van der Waals surface area contributed by atoms with Gasteiger partial charge in [-0.1, -0.05) is 0 Å². The van der Waals surface area contributed by atoms with E-state index < -0.39 is 0 Å². The predicted octanol–water partition coefficient (Wildman–Crippen LogP) is 2.34. The number of piperidine rings is 1. The second kappa shape index (κ2) is 6.18. The number of benzene rings is 1. The highest BCUT2D eigenvalue weighted by atomic mass is 16.5. The third kappa shape index (κ3) is 2.91. The van der Waals surface area contributed by atoms with Crippen LogP contribution >= 0.6 is 0 Å². The van der Waals surface area contributed by atoms with Crippen LogP contribution in [0.3, 0.4) is 0 Å². The zero-order chi connectivity index (χ0) is 16.6. The summed E-state index contributed by atoms with van der Waals surface area (Å²) in [6, 6.07) is 5.62. The summed E-state index contributed by atoms with van der Waals surface area (Å²) in [5.41, 5.74) is 2.54. The third-order valence-corrected chi connectivity index (χ3v) is 5.32. The molecule has 2 fully saturated rings. The van der Waals surface area contributed by atoms with Gasteiger partial charge in [-0.25, -0.2) is 4.98 Å². The first-order chi connectivity index (χ1) is 11.7. The van der Waals surface area contributed by atoms with E-state index in [4.69, 9.17) is 9.15 Å². The summed E-state index contributed by atoms with van der Waals surface area (Å²) in [4.78, 5) is 17.0. The number of hydrogen-bond donors (Lipinski definition) is 2. The number of rotatable bonds is 5. The minimum atomic E-state index is 0.138. The van der Waals surface area contributed by atoms with E-state index in [-0.39, 0.29) is 17.2 Å². The summed E-state index contributed by atoms with van der Waals surface area (Å²) in [6.07, 6.45) is 3.88. The quantitative estimate of drug-likeness (QED) is 0.880. The zero-order valence-corrected chi connectivity index (χ0v) is 13.9. The molecule has 0 bridgehead atoms. The van der Waals surface area contributed by atoms with Gasteiger partial charge in [0.2, 0.25) is 5.91 Å². The molecule has 1 aliphatic carbocycles. The van der Waals surface area contributed by atoms with Gasteiger partial charge in [0.1, 0.15) is 5.52 Å². The SMILES string of the molecule is COCCc1nc2cc(NC(=O)C3CC34CCNCC4)ccc2o1. The molecule has 1 unspecified atom stereocenters. The maximum absolute atomic E-state index is 12.5. The molecule has 2 aliphatic rings. The summed E-state index contributed by atoms with van der Waals surface area (Å²) < 4.78 is 10.7. The summed E-state index contributed by atoms with van der Waals surface area (Å²) in [6.45, 7) is 2.63. The number of amides is 1. The molecule has 1 saturated carbocycles. The molecule has 1 aliphatic heterocycles. The van der Waals surface area contributed by atoms with Gasteiger partial charge in [0.05, 0.1) is 6.61 Å². The molecule has 1 spiro atoms. The fraction of sp³-hybridized carbons (Fsp3) is 0.556. The van der Waals surface area contributed by atoms with Crippen molar-refractivity contribution >= 4 is 22.7 Å². The number of ether oxygens (including phenoxy) is 1. The normalized spacial score (nSPS) is 22.0. The van der Waals surface area contributed by atoms with Crippen molar-refractivity contribution < 1.29 is 13.9 Å². The van der Waals surface area contributed by atoms with Crippen LogP contribution in [0.4, 0.5) is 5.69 Å².